The first-order chi connectivity index (χ1) is 9.06. The summed E-state index contributed by atoms with van der Waals surface area (Å²) in [5.74, 6) is 0.112. The summed E-state index contributed by atoms with van der Waals surface area (Å²) < 4.78 is 0. The second-order valence-corrected chi connectivity index (χ2v) is 5.58. The minimum absolute atomic E-state index is 0.112. The molecule has 0 bridgehead atoms. The summed E-state index contributed by atoms with van der Waals surface area (Å²) in [6.45, 7) is 2.28. The van der Waals surface area contributed by atoms with Crippen molar-refractivity contribution in [3.63, 3.8) is 0 Å². The van der Waals surface area contributed by atoms with Gasteiger partial charge in [-0.2, -0.15) is 0 Å². The van der Waals surface area contributed by atoms with Crippen LogP contribution in [0.4, 0.5) is 10.8 Å². The van der Waals surface area contributed by atoms with Crippen LogP contribution in [0.5, 0.6) is 0 Å². The lowest BCUT2D eigenvalue weighted by molar-refractivity contribution is 0.0961. The van der Waals surface area contributed by atoms with E-state index < -0.39 is 0 Å². The minimum atomic E-state index is 0.112. The highest BCUT2D eigenvalue weighted by atomic mass is 32.1. The number of Topliss-reactive ketones (excluding diaryl/α,β-unsaturated/α-hetero) is 1. The molecule has 0 radical (unpaired) electrons. The van der Waals surface area contributed by atoms with Crippen LogP contribution < -0.4 is 5.32 Å². The molecule has 0 saturated carbocycles. The second-order valence-electron chi connectivity index (χ2n) is 4.59. The van der Waals surface area contributed by atoms with Crippen LogP contribution in [-0.2, 0) is 0 Å². The lowest BCUT2D eigenvalue weighted by Gasteiger charge is -2.06. The quantitative estimate of drug-likeness (QED) is 0.852. The molecule has 19 heavy (non-hydrogen) atoms. The highest BCUT2D eigenvalue weighted by Gasteiger charge is 2.15. The number of ketones is 1. The summed E-state index contributed by atoms with van der Waals surface area (Å²) >= 11 is 1.41. The molecule has 0 aliphatic heterocycles. The maximum Gasteiger partial charge on any atom is 0.188 e. The van der Waals surface area contributed by atoms with Gasteiger partial charge in [0.05, 0.1) is 17.1 Å². The van der Waals surface area contributed by atoms with Crippen molar-refractivity contribution in [1.29, 1.82) is 0 Å². The van der Waals surface area contributed by atoms with E-state index in [4.69, 9.17) is 0 Å². The minimum Gasteiger partial charge on any atom is -0.332 e. The Kier molecular flexibility index (Phi) is 4.29. The highest BCUT2D eigenvalue weighted by Crippen LogP contribution is 2.26. The number of nitrogens with zero attached hydrogens (tertiary/aromatic N) is 2. The average Bonchev–Trinajstić information content (AvgIpc) is 2.70. The summed E-state index contributed by atoms with van der Waals surface area (Å²) in [6, 6.07) is 9.82. The van der Waals surface area contributed by atoms with E-state index in [1.165, 1.54) is 11.3 Å². The van der Waals surface area contributed by atoms with Gasteiger partial charge in [-0.1, -0.05) is 29.5 Å². The van der Waals surface area contributed by atoms with Crippen LogP contribution in [-0.4, -0.2) is 36.3 Å². The topological polar surface area (TPSA) is 45.2 Å². The van der Waals surface area contributed by atoms with Crippen molar-refractivity contribution in [3.05, 3.63) is 40.9 Å². The van der Waals surface area contributed by atoms with E-state index in [1.54, 1.807) is 0 Å². The van der Waals surface area contributed by atoms with E-state index in [1.807, 2.05) is 56.3 Å². The summed E-state index contributed by atoms with van der Waals surface area (Å²) in [4.78, 5) is 19.0. The first-order valence-corrected chi connectivity index (χ1v) is 6.85. The van der Waals surface area contributed by atoms with Crippen molar-refractivity contribution >= 4 is 27.9 Å². The van der Waals surface area contributed by atoms with E-state index >= 15 is 0 Å². The van der Waals surface area contributed by atoms with Crippen LogP contribution >= 0.6 is 11.3 Å². The molecule has 1 aromatic carbocycles. The predicted molar refractivity (Wildman–Crippen MR) is 79.5 cm³/mol. The third-order valence-corrected chi connectivity index (χ3v) is 3.65. The van der Waals surface area contributed by atoms with Crippen LogP contribution in [0.3, 0.4) is 0 Å². The maximum atomic E-state index is 12.0. The number of rotatable bonds is 5. The molecule has 4 nitrogen and oxygen atoms in total. The van der Waals surface area contributed by atoms with Crippen molar-refractivity contribution < 1.29 is 4.79 Å². The van der Waals surface area contributed by atoms with Gasteiger partial charge in [-0.15, -0.1) is 0 Å². The lowest BCUT2D eigenvalue weighted by Crippen LogP contribution is -2.21. The molecule has 0 aliphatic carbocycles. The molecule has 2 aromatic rings. The lowest BCUT2D eigenvalue weighted by atomic mass is 10.3. The van der Waals surface area contributed by atoms with E-state index in [-0.39, 0.29) is 5.78 Å². The van der Waals surface area contributed by atoms with Gasteiger partial charge in [0, 0.05) is 5.69 Å². The second kappa shape index (κ2) is 5.95. The third-order valence-electron chi connectivity index (χ3n) is 2.53. The van der Waals surface area contributed by atoms with Gasteiger partial charge in [0.25, 0.3) is 0 Å². The third kappa shape index (κ3) is 3.62. The smallest absolute Gasteiger partial charge is 0.188 e. The van der Waals surface area contributed by atoms with Crippen molar-refractivity contribution in [2.24, 2.45) is 0 Å². The molecule has 2 rings (SSSR count). The molecule has 0 spiro atoms. The van der Waals surface area contributed by atoms with Gasteiger partial charge in [-0.25, -0.2) is 4.98 Å². The summed E-state index contributed by atoms with van der Waals surface area (Å²) in [5, 5.41) is 3.97. The molecule has 0 fully saturated rings. The molecule has 1 N–H and O–H groups in total. The summed E-state index contributed by atoms with van der Waals surface area (Å²) in [5.41, 5.74) is 1.76. The average molecular weight is 275 g/mol. The van der Waals surface area contributed by atoms with Gasteiger partial charge in [0.2, 0.25) is 0 Å². The predicted octanol–water partition coefficient (Wildman–Crippen LogP) is 2.94. The first-order valence-electron chi connectivity index (χ1n) is 6.03. The van der Waals surface area contributed by atoms with E-state index in [0.29, 0.717) is 6.54 Å². The SMILES string of the molecule is Cc1nc(Nc2ccccc2)sc1C(=O)CN(C)C. The van der Waals surface area contributed by atoms with Gasteiger partial charge < -0.3 is 10.2 Å². The number of benzene rings is 1. The monoisotopic (exact) mass is 275 g/mol. The van der Waals surface area contributed by atoms with Crippen molar-refractivity contribution in [3.8, 4) is 0 Å². The van der Waals surface area contributed by atoms with Crippen molar-refractivity contribution in [1.82, 2.24) is 9.88 Å². The maximum absolute atomic E-state index is 12.0. The highest BCUT2D eigenvalue weighted by molar-refractivity contribution is 7.17. The Morgan fingerprint density at radius 1 is 1.32 bits per heavy atom. The number of carbonyl (C=O) groups is 1. The number of para-hydroxylation sites is 1. The zero-order valence-corrected chi connectivity index (χ0v) is 12.1. The van der Waals surface area contributed by atoms with Crippen LogP contribution in [0.15, 0.2) is 30.3 Å². The van der Waals surface area contributed by atoms with Gasteiger partial charge in [-0.05, 0) is 33.2 Å². The molecular weight excluding hydrogens is 258 g/mol. The fourth-order valence-electron chi connectivity index (χ4n) is 1.71. The van der Waals surface area contributed by atoms with Crippen LogP contribution in [0.2, 0.25) is 0 Å². The molecule has 5 heteroatoms. The van der Waals surface area contributed by atoms with Gasteiger partial charge in [-0.3, -0.25) is 4.79 Å². The molecule has 0 atom stereocenters. The number of hydrogen-bond donors (Lipinski definition) is 1. The Balaban J connectivity index is 2.15. The van der Waals surface area contributed by atoms with E-state index in [9.17, 15) is 4.79 Å². The molecule has 0 aliphatic rings. The standard InChI is InChI=1S/C14H17N3OS/c1-10-13(12(18)9-17(2)3)19-14(15-10)16-11-7-5-4-6-8-11/h4-8H,9H2,1-3H3,(H,15,16). The largest absolute Gasteiger partial charge is 0.332 e. The van der Waals surface area contributed by atoms with Crippen LogP contribution in [0.1, 0.15) is 15.4 Å². The zero-order chi connectivity index (χ0) is 13.8. The van der Waals surface area contributed by atoms with Crippen molar-refractivity contribution in [2.75, 3.05) is 26.0 Å². The van der Waals surface area contributed by atoms with Crippen LogP contribution in [0.25, 0.3) is 0 Å². The van der Waals surface area contributed by atoms with Gasteiger partial charge in [0.15, 0.2) is 10.9 Å². The Bertz CT molecular complexity index is 563. The molecule has 100 valence electrons. The first kappa shape index (κ1) is 13.7. The zero-order valence-electron chi connectivity index (χ0n) is 11.3. The Labute approximate surface area is 117 Å². The Morgan fingerprint density at radius 3 is 2.63 bits per heavy atom. The molecule has 0 saturated heterocycles. The summed E-state index contributed by atoms with van der Waals surface area (Å²) in [6.07, 6.45) is 0. The fourth-order valence-corrected chi connectivity index (χ4v) is 2.63. The van der Waals surface area contributed by atoms with E-state index in [2.05, 4.69) is 10.3 Å². The number of nitrogens with one attached hydrogen (secondary N) is 1. The number of hydrogen-bond acceptors (Lipinski definition) is 5. The number of likely N-dealkylation sites (N-methyl/N-ethyl adjacent to an activating group) is 1. The Morgan fingerprint density at radius 2 is 2.00 bits per heavy atom. The molecule has 1 aromatic heterocycles. The molecule has 1 heterocycles. The molecular formula is C14H17N3OS. The van der Waals surface area contributed by atoms with Gasteiger partial charge >= 0.3 is 0 Å². The van der Waals surface area contributed by atoms with E-state index in [0.717, 1.165) is 21.4 Å². The molecule has 0 amide bonds. The number of aromatic nitrogens is 1. The normalized spacial score (nSPS) is 10.7. The van der Waals surface area contributed by atoms with Crippen molar-refractivity contribution in [2.45, 2.75) is 6.92 Å². The number of aryl methyl sites for hydroxylation is 1. The fraction of sp³-hybridized carbons (Fsp3) is 0.286. The Hall–Kier alpha value is -1.72. The van der Waals surface area contributed by atoms with Gasteiger partial charge in [0.1, 0.15) is 0 Å². The van der Waals surface area contributed by atoms with Crippen LogP contribution in [0, 0.1) is 6.92 Å². The number of carbonyl (C=O) groups excluding carboxylic acids is 1. The number of thiazole rings is 1. The number of anilines is 2. The molecule has 0 unspecified atom stereocenters. The summed E-state index contributed by atoms with van der Waals surface area (Å²) in [7, 11) is 3.77.